The normalized spacial score (nSPS) is 12.2. The smallest absolute Gasteiger partial charge is 0.309 e. The molecule has 0 unspecified atom stereocenters. The zero-order chi connectivity index (χ0) is 18.6. The molecule has 26 heavy (non-hydrogen) atoms. The Morgan fingerprint density at radius 2 is 1.31 bits per heavy atom. The summed E-state index contributed by atoms with van der Waals surface area (Å²) >= 11 is 6.96. The summed E-state index contributed by atoms with van der Waals surface area (Å²) in [5.74, 6) is 0. The summed E-state index contributed by atoms with van der Waals surface area (Å²) < 4.78 is 43.6. The van der Waals surface area contributed by atoms with Gasteiger partial charge in [-0.15, -0.1) is 0 Å². The van der Waals surface area contributed by atoms with Crippen LogP contribution in [0.1, 0.15) is 11.1 Å². The molecule has 3 aromatic carbocycles. The van der Waals surface area contributed by atoms with Gasteiger partial charge in [-0.25, -0.2) is 0 Å². The SMILES string of the molecule is Cc1cc(-n2c3ccc(Br)cc3c3cc(Br)ccc32)cc(C(F)(F)F)c1. The number of hydrogen-bond acceptors (Lipinski definition) is 0. The van der Waals surface area contributed by atoms with E-state index in [9.17, 15) is 13.2 Å². The number of benzene rings is 3. The van der Waals surface area contributed by atoms with Crippen molar-refractivity contribution < 1.29 is 13.2 Å². The Balaban J connectivity index is 2.13. The van der Waals surface area contributed by atoms with E-state index >= 15 is 0 Å². The second-order valence-corrected chi connectivity index (χ2v) is 8.04. The standard InChI is InChI=1S/C20H12Br2F3N/c1-11-6-12(20(23,24)25)8-15(7-11)26-18-4-2-13(21)9-16(18)17-10-14(22)3-5-19(17)26/h2-10H,1H3. The molecule has 0 radical (unpaired) electrons. The van der Waals surface area contributed by atoms with E-state index in [1.807, 2.05) is 41.0 Å². The Labute approximate surface area is 164 Å². The van der Waals surface area contributed by atoms with Gasteiger partial charge in [-0.1, -0.05) is 31.9 Å². The lowest BCUT2D eigenvalue weighted by Crippen LogP contribution is -2.07. The predicted molar refractivity (Wildman–Crippen MR) is 106 cm³/mol. The number of halogens is 5. The van der Waals surface area contributed by atoms with Crippen LogP contribution in [0.5, 0.6) is 0 Å². The van der Waals surface area contributed by atoms with Crippen molar-refractivity contribution in [3.63, 3.8) is 0 Å². The Morgan fingerprint density at radius 3 is 1.81 bits per heavy atom. The van der Waals surface area contributed by atoms with Crippen LogP contribution in [0.3, 0.4) is 0 Å². The molecule has 1 aromatic heterocycles. The molecule has 4 rings (SSSR count). The van der Waals surface area contributed by atoms with E-state index in [2.05, 4.69) is 31.9 Å². The topological polar surface area (TPSA) is 4.93 Å². The van der Waals surface area contributed by atoms with Crippen LogP contribution in [0.25, 0.3) is 27.5 Å². The van der Waals surface area contributed by atoms with Gasteiger partial charge in [0.2, 0.25) is 0 Å². The molecule has 0 saturated heterocycles. The number of rotatable bonds is 1. The number of alkyl halides is 3. The molecular formula is C20H12Br2F3N. The van der Waals surface area contributed by atoms with Crippen molar-refractivity contribution in [2.45, 2.75) is 13.1 Å². The Morgan fingerprint density at radius 1 is 0.769 bits per heavy atom. The molecule has 132 valence electrons. The summed E-state index contributed by atoms with van der Waals surface area (Å²) in [4.78, 5) is 0. The highest BCUT2D eigenvalue weighted by Gasteiger charge is 2.31. The highest BCUT2D eigenvalue weighted by atomic mass is 79.9. The van der Waals surface area contributed by atoms with E-state index in [4.69, 9.17) is 0 Å². The average Bonchev–Trinajstić information content (AvgIpc) is 2.86. The molecule has 0 aliphatic carbocycles. The quantitative estimate of drug-likeness (QED) is 0.262. The zero-order valence-corrected chi connectivity index (χ0v) is 16.7. The minimum absolute atomic E-state index is 0.502. The van der Waals surface area contributed by atoms with Crippen molar-refractivity contribution in [3.05, 3.63) is 74.7 Å². The third kappa shape index (κ3) is 2.95. The number of fused-ring (bicyclic) bond motifs is 3. The van der Waals surface area contributed by atoms with Gasteiger partial charge in [0.05, 0.1) is 16.6 Å². The minimum Gasteiger partial charge on any atom is -0.309 e. The molecule has 1 heterocycles. The van der Waals surface area contributed by atoms with Crippen LogP contribution in [0.2, 0.25) is 0 Å². The molecule has 6 heteroatoms. The van der Waals surface area contributed by atoms with Gasteiger partial charge in [-0.3, -0.25) is 0 Å². The Bertz CT molecular complexity index is 1100. The maximum atomic E-state index is 13.3. The van der Waals surface area contributed by atoms with Crippen LogP contribution < -0.4 is 0 Å². The molecule has 0 saturated carbocycles. The summed E-state index contributed by atoms with van der Waals surface area (Å²) in [6.45, 7) is 1.68. The lowest BCUT2D eigenvalue weighted by Gasteiger charge is -2.13. The highest BCUT2D eigenvalue weighted by Crippen LogP contribution is 2.37. The van der Waals surface area contributed by atoms with E-state index in [-0.39, 0.29) is 0 Å². The lowest BCUT2D eigenvalue weighted by molar-refractivity contribution is -0.137. The van der Waals surface area contributed by atoms with Crippen molar-refractivity contribution >= 4 is 53.7 Å². The van der Waals surface area contributed by atoms with Crippen molar-refractivity contribution in [1.82, 2.24) is 4.57 Å². The fourth-order valence-corrected chi connectivity index (χ4v) is 4.02. The third-order valence-electron chi connectivity index (χ3n) is 4.34. The maximum absolute atomic E-state index is 13.3. The monoisotopic (exact) mass is 481 g/mol. The van der Waals surface area contributed by atoms with Gasteiger partial charge in [0, 0.05) is 25.4 Å². The van der Waals surface area contributed by atoms with E-state index in [1.54, 1.807) is 13.0 Å². The molecule has 4 aromatic rings. The first-order chi connectivity index (χ1) is 12.2. The van der Waals surface area contributed by atoms with E-state index in [1.165, 1.54) is 12.1 Å². The third-order valence-corrected chi connectivity index (χ3v) is 5.32. The number of nitrogens with zero attached hydrogens (tertiary/aromatic N) is 1. The minimum atomic E-state index is -4.38. The summed E-state index contributed by atoms with van der Waals surface area (Å²) in [5, 5.41) is 1.96. The van der Waals surface area contributed by atoms with E-state index in [0.717, 1.165) is 30.8 Å². The zero-order valence-electron chi connectivity index (χ0n) is 13.5. The van der Waals surface area contributed by atoms with Crippen molar-refractivity contribution in [2.24, 2.45) is 0 Å². The van der Waals surface area contributed by atoms with Gasteiger partial charge in [0.1, 0.15) is 0 Å². The van der Waals surface area contributed by atoms with Gasteiger partial charge in [0.15, 0.2) is 0 Å². The van der Waals surface area contributed by atoms with Crippen molar-refractivity contribution in [2.75, 3.05) is 0 Å². The van der Waals surface area contributed by atoms with Crippen LogP contribution in [-0.2, 0) is 6.18 Å². The molecule has 0 bridgehead atoms. The maximum Gasteiger partial charge on any atom is 0.416 e. The van der Waals surface area contributed by atoms with Gasteiger partial charge < -0.3 is 4.57 Å². The van der Waals surface area contributed by atoms with Crippen LogP contribution >= 0.6 is 31.9 Å². The van der Waals surface area contributed by atoms with Crippen LogP contribution in [0.4, 0.5) is 13.2 Å². The molecule has 0 aliphatic rings. The fourth-order valence-electron chi connectivity index (χ4n) is 3.30. The molecular weight excluding hydrogens is 471 g/mol. The molecule has 0 aliphatic heterocycles. The summed E-state index contributed by atoms with van der Waals surface area (Å²) in [7, 11) is 0. The highest BCUT2D eigenvalue weighted by molar-refractivity contribution is 9.10. The Kier molecular flexibility index (Phi) is 4.15. The molecule has 0 fully saturated rings. The summed E-state index contributed by atoms with van der Waals surface area (Å²) in [5.41, 5.74) is 2.15. The first kappa shape index (κ1) is 17.6. The van der Waals surface area contributed by atoms with Crippen molar-refractivity contribution in [3.8, 4) is 5.69 Å². The van der Waals surface area contributed by atoms with Crippen LogP contribution in [0, 0.1) is 6.92 Å². The van der Waals surface area contributed by atoms with Gasteiger partial charge >= 0.3 is 6.18 Å². The molecule has 0 N–H and O–H groups in total. The molecule has 0 atom stereocenters. The average molecular weight is 483 g/mol. The van der Waals surface area contributed by atoms with E-state index < -0.39 is 11.7 Å². The first-order valence-electron chi connectivity index (χ1n) is 7.82. The molecule has 0 amide bonds. The summed E-state index contributed by atoms with van der Waals surface area (Å²) in [6.07, 6.45) is -4.38. The second kappa shape index (κ2) is 6.13. The first-order valence-corrected chi connectivity index (χ1v) is 9.41. The molecule has 1 nitrogen and oxygen atoms in total. The van der Waals surface area contributed by atoms with Crippen molar-refractivity contribution in [1.29, 1.82) is 0 Å². The predicted octanol–water partition coefficient (Wildman–Crippen LogP) is 7.64. The summed E-state index contributed by atoms with van der Waals surface area (Å²) in [6, 6.07) is 15.8. The fraction of sp³-hybridized carbons (Fsp3) is 0.100. The second-order valence-electron chi connectivity index (χ2n) is 6.21. The Hall–Kier alpha value is -1.79. The van der Waals surface area contributed by atoms with Gasteiger partial charge in [-0.2, -0.15) is 13.2 Å². The number of aryl methyl sites for hydroxylation is 1. The number of aromatic nitrogens is 1. The largest absolute Gasteiger partial charge is 0.416 e. The van der Waals surface area contributed by atoms with Gasteiger partial charge in [0.25, 0.3) is 0 Å². The molecule has 0 spiro atoms. The lowest BCUT2D eigenvalue weighted by atomic mass is 10.1. The van der Waals surface area contributed by atoms with Crippen LogP contribution in [0.15, 0.2) is 63.5 Å². The van der Waals surface area contributed by atoms with E-state index in [0.29, 0.717) is 11.3 Å². The van der Waals surface area contributed by atoms with Gasteiger partial charge in [-0.05, 0) is 67.1 Å². The number of hydrogen-bond donors (Lipinski definition) is 0. The van der Waals surface area contributed by atoms with Crippen LogP contribution in [-0.4, -0.2) is 4.57 Å².